The van der Waals surface area contributed by atoms with Crippen LogP contribution in [0.5, 0.6) is 0 Å². The van der Waals surface area contributed by atoms with E-state index < -0.39 is 17.5 Å². The normalized spacial score (nSPS) is 11.8. The van der Waals surface area contributed by atoms with Crippen molar-refractivity contribution < 1.29 is 18.0 Å². The molecule has 0 spiro atoms. The highest BCUT2D eigenvalue weighted by molar-refractivity contribution is 6.02. The summed E-state index contributed by atoms with van der Waals surface area (Å²) in [5.74, 6) is -0.438. The fourth-order valence-corrected chi connectivity index (χ4v) is 1.01. The maximum atomic E-state index is 12.2. The standard InChI is InChI=1S/C11H11F3N2O/c1-16(2)6-5-10(17)9-4-3-8(7-15-9)11(12,13)14/h3-7H,1-2H3/b6-5+. The number of rotatable bonds is 3. The Morgan fingerprint density at radius 3 is 2.41 bits per heavy atom. The first kappa shape index (κ1) is 13.2. The van der Waals surface area contributed by atoms with Gasteiger partial charge in [-0.15, -0.1) is 0 Å². The molecule has 1 heterocycles. The molecule has 0 bridgehead atoms. The van der Waals surface area contributed by atoms with E-state index in [1.807, 2.05) is 0 Å². The third-order valence-electron chi connectivity index (χ3n) is 1.87. The van der Waals surface area contributed by atoms with Gasteiger partial charge in [0.1, 0.15) is 5.69 Å². The van der Waals surface area contributed by atoms with Gasteiger partial charge in [-0.05, 0) is 12.1 Å². The van der Waals surface area contributed by atoms with Crippen LogP contribution >= 0.6 is 0 Å². The average molecular weight is 244 g/mol. The molecule has 0 aliphatic rings. The zero-order chi connectivity index (χ0) is 13.1. The van der Waals surface area contributed by atoms with Gasteiger partial charge in [0, 0.05) is 32.6 Å². The molecular formula is C11H11F3N2O. The van der Waals surface area contributed by atoms with E-state index in [2.05, 4.69) is 4.98 Å². The van der Waals surface area contributed by atoms with E-state index in [0.717, 1.165) is 12.1 Å². The molecule has 0 saturated heterocycles. The van der Waals surface area contributed by atoms with Gasteiger partial charge >= 0.3 is 6.18 Å². The predicted molar refractivity (Wildman–Crippen MR) is 56.4 cm³/mol. The summed E-state index contributed by atoms with van der Waals surface area (Å²) in [7, 11) is 3.45. The molecular weight excluding hydrogens is 233 g/mol. The van der Waals surface area contributed by atoms with E-state index in [1.54, 1.807) is 19.0 Å². The summed E-state index contributed by atoms with van der Waals surface area (Å²) < 4.78 is 36.7. The van der Waals surface area contributed by atoms with E-state index in [9.17, 15) is 18.0 Å². The average Bonchev–Trinajstić information content (AvgIpc) is 2.25. The summed E-state index contributed by atoms with van der Waals surface area (Å²) in [6.07, 6.45) is -1.04. The van der Waals surface area contributed by atoms with Crippen molar-refractivity contribution in [2.24, 2.45) is 0 Å². The number of aromatic nitrogens is 1. The van der Waals surface area contributed by atoms with Crippen LogP contribution in [0.25, 0.3) is 0 Å². The molecule has 1 aromatic rings. The maximum Gasteiger partial charge on any atom is 0.417 e. The van der Waals surface area contributed by atoms with Gasteiger partial charge in [0.2, 0.25) is 5.78 Å². The number of pyridine rings is 1. The lowest BCUT2D eigenvalue weighted by Gasteiger charge is -2.06. The molecule has 1 aromatic heterocycles. The van der Waals surface area contributed by atoms with Crippen LogP contribution in [0, 0.1) is 0 Å². The van der Waals surface area contributed by atoms with E-state index in [1.165, 1.54) is 12.3 Å². The molecule has 0 aliphatic heterocycles. The number of hydrogen-bond donors (Lipinski definition) is 0. The summed E-state index contributed by atoms with van der Waals surface area (Å²) in [4.78, 5) is 16.6. The number of ketones is 1. The summed E-state index contributed by atoms with van der Waals surface area (Å²) in [6, 6.07) is 1.90. The van der Waals surface area contributed by atoms with Gasteiger partial charge in [-0.25, -0.2) is 0 Å². The zero-order valence-corrected chi connectivity index (χ0v) is 9.32. The molecule has 17 heavy (non-hydrogen) atoms. The maximum absolute atomic E-state index is 12.2. The largest absolute Gasteiger partial charge is 0.417 e. The molecule has 0 saturated carbocycles. The number of alkyl halides is 3. The highest BCUT2D eigenvalue weighted by Gasteiger charge is 2.30. The second kappa shape index (κ2) is 4.99. The van der Waals surface area contributed by atoms with Crippen molar-refractivity contribution in [1.82, 2.24) is 9.88 Å². The van der Waals surface area contributed by atoms with Crippen molar-refractivity contribution in [3.8, 4) is 0 Å². The smallest absolute Gasteiger partial charge is 0.383 e. The topological polar surface area (TPSA) is 33.2 Å². The molecule has 0 aliphatic carbocycles. The van der Waals surface area contributed by atoms with Crippen LogP contribution in [-0.4, -0.2) is 29.8 Å². The molecule has 6 heteroatoms. The van der Waals surface area contributed by atoms with Gasteiger partial charge in [0.05, 0.1) is 5.56 Å². The number of carbonyl (C=O) groups is 1. The first-order valence-corrected chi connectivity index (χ1v) is 4.73. The molecule has 0 unspecified atom stereocenters. The van der Waals surface area contributed by atoms with Crippen molar-refractivity contribution in [3.63, 3.8) is 0 Å². The van der Waals surface area contributed by atoms with Crippen molar-refractivity contribution in [1.29, 1.82) is 0 Å². The molecule has 92 valence electrons. The van der Waals surface area contributed by atoms with Crippen LogP contribution in [0.2, 0.25) is 0 Å². The molecule has 0 aromatic carbocycles. The zero-order valence-electron chi connectivity index (χ0n) is 9.32. The Kier molecular flexibility index (Phi) is 3.88. The number of halogens is 3. The number of allylic oxidation sites excluding steroid dienone is 1. The van der Waals surface area contributed by atoms with Crippen LogP contribution in [0.3, 0.4) is 0 Å². The van der Waals surface area contributed by atoms with Crippen molar-refractivity contribution in [2.75, 3.05) is 14.1 Å². The first-order valence-electron chi connectivity index (χ1n) is 4.73. The van der Waals surface area contributed by atoms with E-state index in [4.69, 9.17) is 0 Å². The van der Waals surface area contributed by atoms with Crippen molar-refractivity contribution in [2.45, 2.75) is 6.18 Å². The van der Waals surface area contributed by atoms with Gasteiger partial charge in [-0.1, -0.05) is 0 Å². The Hall–Kier alpha value is -1.85. The van der Waals surface area contributed by atoms with E-state index in [-0.39, 0.29) is 5.69 Å². The van der Waals surface area contributed by atoms with Crippen molar-refractivity contribution >= 4 is 5.78 Å². The number of hydrogen-bond acceptors (Lipinski definition) is 3. The second-order valence-corrected chi connectivity index (χ2v) is 3.57. The summed E-state index contributed by atoms with van der Waals surface area (Å²) in [5.41, 5.74) is -0.887. The fourth-order valence-electron chi connectivity index (χ4n) is 1.01. The molecule has 0 fully saturated rings. The molecule has 1 rings (SSSR count). The Labute approximate surface area is 96.6 Å². The van der Waals surface area contributed by atoms with Crippen LogP contribution in [0.1, 0.15) is 16.1 Å². The monoisotopic (exact) mass is 244 g/mol. The minimum Gasteiger partial charge on any atom is -0.383 e. The van der Waals surface area contributed by atoms with Gasteiger partial charge < -0.3 is 4.90 Å². The van der Waals surface area contributed by atoms with E-state index >= 15 is 0 Å². The number of nitrogens with zero attached hydrogens (tertiary/aromatic N) is 2. The minimum absolute atomic E-state index is 0.0175. The minimum atomic E-state index is -4.44. The Bertz CT molecular complexity index is 421. The van der Waals surface area contributed by atoms with Crippen LogP contribution < -0.4 is 0 Å². The SMILES string of the molecule is CN(C)/C=C/C(=O)c1ccc(C(F)(F)F)cn1. The lowest BCUT2D eigenvalue weighted by molar-refractivity contribution is -0.137. The Balaban J connectivity index is 2.85. The summed E-state index contributed by atoms with van der Waals surface area (Å²) >= 11 is 0. The highest BCUT2D eigenvalue weighted by atomic mass is 19.4. The van der Waals surface area contributed by atoms with Gasteiger partial charge in [0.15, 0.2) is 0 Å². The Morgan fingerprint density at radius 1 is 1.35 bits per heavy atom. The summed E-state index contributed by atoms with van der Waals surface area (Å²) in [6.45, 7) is 0. The van der Waals surface area contributed by atoms with Crippen LogP contribution in [0.4, 0.5) is 13.2 Å². The lowest BCUT2D eigenvalue weighted by Crippen LogP contribution is -2.08. The molecule has 0 atom stereocenters. The predicted octanol–water partition coefficient (Wildman–Crippen LogP) is 2.36. The van der Waals surface area contributed by atoms with Crippen LogP contribution in [-0.2, 0) is 6.18 Å². The van der Waals surface area contributed by atoms with Gasteiger partial charge in [-0.3, -0.25) is 9.78 Å². The fraction of sp³-hybridized carbons (Fsp3) is 0.273. The second-order valence-electron chi connectivity index (χ2n) is 3.57. The first-order chi connectivity index (χ1) is 7.80. The number of carbonyl (C=O) groups excluding carboxylic acids is 1. The lowest BCUT2D eigenvalue weighted by atomic mass is 10.2. The molecule has 0 amide bonds. The third kappa shape index (κ3) is 3.90. The Morgan fingerprint density at radius 2 is 2.00 bits per heavy atom. The van der Waals surface area contributed by atoms with E-state index in [0.29, 0.717) is 6.20 Å². The van der Waals surface area contributed by atoms with Gasteiger partial charge in [0.25, 0.3) is 0 Å². The quantitative estimate of drug-likeness (QED) is 0.604. The van der Waals surface area contributed by atoms with Gasteiger partial charge in [-0.2, -0.15) is 13.2 Å². The summed E-state index contributed by atoms with van der Waals surface area (Å²) in [5, 5.41) is 0. The third-order valence-corrected chi connectivity index (χ3v) is 1.87. The molecule has 3 nitrogen and oxygen atoms in total. The highest BCUT2D eigenvalue weighted by Crippen LogP contribution is 2.28. The van der Waals surface area contributed by atoms with Crippen molar-refractivity contribution in [3.05, 3.63) is 41.9 Å². The molecule has 0 radical (unpaired) electrons. The van der Waals surface area contributed by atoms with Crippen LogP contribution in [0.15, 0.2) is 30.6 Å². The molecule has 0 N–H and O–H groups in total.